The Morgan fingerprint density at radius 2 is 0.556 bits per heavy atom. The first-order valence-electron chi connectivity index (χ1n) is 17.1. The number of ether oxygens (including phenoxy) is 3. The molecule has 264 valence electrons. The van der Waals surface area contributed by atoms with Crippen LogP contribution in [0.5, 0.6) is 34.5 Å². The van der Waals surface area contributed by atoms with Gasteiger partial charge in [-0.2, -0.15) is 0 Å². The molecular weight excluding hydrogens is 677 g/mol. The molecule has 0 fully saturated rings. The van der Waals surface area contributed by atoms with Crippen LogP contribution in [0.25, 0.3) is 0 Å². The summed E-state index contributed by atoms with van der Waals surface area (Å²) in [6.07, 6.45) is 0. The molecule has 7 aromatic carbocycles. The Morgan fingerprint density at radius 3 is 0.815 bits per heavy atom. The van der Waals surface area contributed by atoms with Gasteiger partial charge in [-0.25, -0.2) is 0 Å². The van der Waals surface area contributed by atoms with Crippen molar-refractivity contribution in [1.29, 1.82) is 0 Å². The molecule has 7 rings (SSSR count). The predicted molar refractivity (Wildman–Crippen MR) is 209 cm³/mol. The molecule has 0 aliphatic rings. The second-order valence-corrected chi connectivity index (χ2v) is 12.6. The number of anilines is 2. The average molecular weight is 711 g/mol. The molecule has 4 N–H and O–H groups in total. The van der Waals surface area contributed by atoms with Crippen LogP contribution in [-0.2, 0) is 0 Å². The van der Waals surface area contributed by atoms with Gasteiger partial charge in [-0.15, -0.1) is 0 Å². The largest absolute Gasteiger partial charge is 0.457 e. The predicted octanol–water partition coefficient (Wildman–Crippen LogP) is 10.2. The zero-order valence-electron chi connectivity index (χ0n) is 29.2. The molecule has 54 heavy (non-hydrogen) atoms. The van der Waals surface area contributed by atoms with Gasteiger partial charge in [0.2, 0.25) is 0 Å². The summed E-state index contributed by atoms with van der Waals surface area (Å²) < 4.78 is 17.7. The van der Waals surface area contributed by atoms with Crippen LogP contribution in [0, 0.1) is 6.92 Å². The topological polar surface area (TPSA) is 131 Å². The summed E-state index contributed by atoms with van der Waals surface area (Å²) in [5, 5.41) is 0. The number of rotatable bonds is 12. The summed E-state index contributed by atoms with van der Waals surface area (Å²) in [5.74, 6) is 2.37. The molecule has 0 radical (unpaired) electrons. The van der Waals surface area contributed by atoms with Gasteiger partial charge in [-0.05, 0) is 159 Å². The summed E-state index contributed by atoms with van der Waals surface area (Å²) in [7, 11) is 0. The lowest BCUT2D eigenvalue weighted by atomic mass is 9.92. The zero-order valence-corrected chi connectivity index (χ0v) is 29.2. The van der Waals surface area contributed by atoms with Crippen molar-refractivity contribution in [2.75, 3.05) is 11.5 Å². The van der Waals surface area contributed by atoms with Crippen LogP contribution in [0.4, 0.5) is 11.4 Å². The van der Waals surface area contributed by atoms with E-state index in [-0.39, 0.29) is 34.0 Å². The first kappa shape index (κ1) is 35.0. The minimum atomic E-state index is -0.369. The van der Waals surface area contributed by atoms with Gasteiger partial charge in [0.25, 0.3) is 0 Å². The number of aryl methyl sites for hydroxylation is 1. The van der Waals surface area contributed by atoms with E-state index in [1.54, 1.807) is 121 Å². The molecular formula is C46H34N2O6. The van der Waals surface area contributed by atoms with Crippen LogP contribution in [0.15, 0.2) is 164 Å². The van der Waals surface area contributed by atoms with Crippen LogP contribution in [0.1, 0.15) is 53.3 Å². The Morgan fingerprint density at radius 1 is 0.333 bits per heavy atom. The standard InChI is InChI=1S/C46H34N2O6/c1-29-2-14-38(15-3-29)52-39-16-4-30(5-17-39)44(49)33-26-34(45(50)31-6-18-40(19-7-31)53-42-22-10-36(47)11-23-42)28-35(27-33)46(51)32-8-20-41(21-9-32)54-43-24-12-37(48)13-25-43/h2-28H,47-48H2,1H3. The van der Waals surface area contributed by atoms with Crippen LogP contribution >= 0.6 is 0 Å². The molecule has 8 heteroatoms. The highest BCUT2D eigenvalue weighted by Crippen LogP contribution is 2.28. The number of carbonyl (C=O) groups is 3. The van der Waals surface area contributed by atoms with Crippen molar-refractivity contribution >= 4 is 28.7 Å². The normalized spacial score (nSPS) is 10.7. The maximum atomic E-state index is 13.9. The maximum absolute atomic E-state index is 13.9. The second kappa shape index (κ2) is 15.4. The Balaban J connectivity index is 1.17. The lowest BCUT2D eigenvalue weighted by Gasteiger charge is -2.11. The smallest absolute Gasteiger partial charge is 0.193 e. The number of hydrogen-bond donors (Lipinski definition) is 2. The van der Waals surface area contributed by atoms with Crippen molar-refractivity contribution in [3.8, 4) is 34.5 Å². The third-order valence-corrected chi connectivity index (χ3v) is 8.56. The Labute approximate surface area is 312 Å². The molecule has 0 atom stereocenters. The number of hydrogen-bond acceptors (Lipinski definition) is 8. The zero-order chi connectivity index (χ0) is 37.6. The van der Waals surface area contributed by atoms with E-state index in [0.717, 1.165) is 5.56 Å². The molecule has 0 heterocycles. The Kier molecular flexibility index (Phi) is 9.99. The fourth-order valence-corrected chi connectivity index (χ4v) is 5.63. The number of nitrogens with two attached hydrogens (primary N) is 2. The average Bonchev–Trinajstić information content (AvgIpc) is 3.20. The van der Waals surface area contributed by atoms with E-state index in [0.29, 0.717) is 62.6 Å². The van der Waals surface area contributed by atoms with E-state index in [4.69, 9.17) is 25.7 Å². The molecule has 0 aromatic heterocycles. The summed E-state index contributed by atoms with van der Waals surface area (Å²) in [4.78, 5) is 41.8. The molecule has 7 aromatic rings. The van der Waals surface area contributed by atoms with E-state index in [2.05, 4.69) is 0 Å². The van der Waals surface area contributed by atoms with Gasteiger partial charge >= 0.3 is 0 Å². The van der Waals surface area contributed by atoms with Gasteiger partial charge in [0.15, 0.2) is 17.3 Å². The van der Waals surface area contributed by atoms with Gasteiger partial charge < -0.3 is 25.7 Å². The van der Waals surface area contributed by atoms with E-state index < -0.39 is 0 Å². The highest BCUT2D eigenvalue weighted by atomic mass is 16.5. The lowest BCUT2D eigenvalue weighted by molar-refractivity contribution is 0.103. The minimum Gasteiger partial charge on any atom is -0.457 e. The molecule has 0 aliphatic carbocycles. The molecule has 0 unspecified atom stereocenters. The summed E-state index contributed by atoms with van der Waals surface area (Å²) in [6, 6.07) is 46.1. The number of carbonyl (C=O) groups excluding carboxylic acids is 3. The van der Waals surface area contributed by atoms with Gasteiger partial charge in [0, 0.05) is 44.8 Å². The van der Waals surface area contributed by atoms with Crippen LogP contribution < -0.4 is 25.7 Å². The summed E-state index contributed by atoms with van der Waals surface area (Å²) >= 11 is 0. The molecule has 0 spiro atoms. The molecule has 0 saturated carbocycles. The summed E-state index contributed by atoms with van der Waals surface area (Å²) in [5.41, 5.74) is 15.5. The van der Waals surface area contributed by atoms with E-state index in [9.17, 15) is 14.4 Å². The number of nitrogen functional groups attached to an aromatic ring is 2. The molecule has 0 aliphatic heterocycles. The highest BCUT2D eigenvalue weighted by Gasteiger charge is 2.20. The van der Waals surface area contributed by atoms with Crippen LogP contribution in [0.3, 0.4) is 0 Å². The minimum absolute atomic E-state index is 0.180. The number of benzene rings is 7. The van der Waals surface area contributed by atoms with Crippen molar-refractivity contribution in [3.63, 3.8) is 0 Å². The first-order chi connectivity index (χ1) is 26.2. The Bertz CT molecular complexity index is 2150. The van der Waals surface area contributed by atoms with Gasteiger partial charge in [-0.3, -0.25) is 14.4 Å². The SMILES string of the molecule is Cc1ccc(Oc2ccc(C(=O)c3cc(C(=O)c4ccc(Oc5ccc(N)cc5)cc4)cc(C(=O)c4ccc(Oc5ccc(N)cc5)cc4)c3)cc2)cc1. The van der Waals surface area contributed by atoms with E-state index >= 15 is 0 Å². The van der Waals surface area contributed by atoms with Gasteiger partial charge in [-0.1, -0.05) is 17.7 Å². The molecule has 8 nitrogen and oxygen atoms in total. The van der Waals surface area contributed by atoms with E-state index in [1.165, 1.54) is 18.2 Å². The van der Waals surface area contributed by atoms with Crippen molar-refractivity contribution in [2.24, 2.45) is 0 Å². The monoisotopic (exact) mass is 710 g/mol. The fourth-order valence-electron chi connectivity index (χ4n) is 5.63. The number of ketones is 3. The quantitative estimate of drug-likeness (QED) is 0.0946. The fraction of sp³-hybridized carbons (Fsp3) is 0.0217. The maximum Gasteiger partial charge on any atom is 0.193 e. The highest BCUT2D eigenvalue weighted by molar-refractivity contribution is 6.17. The molecule has 0 saturated heterocycles. The van der Waals surface area contributed by atoms with E-state index in [1.807, 2.05) is 31.2 Å². The van der Waals surface area contributed by atoms with Gasteiger partial charge in [0.05, 0.1) is 0 Å². The Hall–Kier alpha value is -7.45. The molecule has 0 amide bonds. The van der Waals surface area contributed by atoms with Crippen molar-refractivity contribution in [1.82, 2.24) is 0 Å². The van der Waals surface area contributed by atoms with Gasteiger partial charge in [0.1, 0.15) is 34.5 Å². The summed E-state index contributed by atoms with van der Waals surface area (Å²) in [6.45, 7) is 2.00. The second-order valence-electron chi connectivity index (χ2n) is 12.6. The van der Waals surface area contributed by atoms with Crippen LogP contribution in [0.2, 0.25) is 0 Å². The molecule has 0 bridgehead atoms. The third kappa shape index (κ3) is 8.36. The first-order valence-corrected chi connectivity index (χ1v) is 17.1. The van der Waals surface area contributed by atoms with Crippen molar-refractivity contribution < 1.29 is 28.6 Å². The van der Waals surface area contributed by atoms with Crippen molar-refractivity contribution in [3.05, 3.63) is 203 Å². The van der Waals surface area contributed by atoms with Crippen LogP contribution in [-0.4, -0.2) is 17.3 Å². The lowest BCUT2D eigenvalue weighted by Crippen LogP contribution is -2.10. The van der Waals surface area contributed by atoms with Crippen molar-refractivity contribution in [2.45, 2.75) is 6.92 Å². The third-order valence-electron chi connectivity index (χ3n) is 8.56.